The fraction of sp³-hybridized carbons (Fsp3) is 0.833. The normalized spacial score (nSPS) is 33.5. The molecule has 0 aromatic rings. The molecule has 0 bridgehead atoms. The molecule has 3 atom stereocenters. The molecule has 3 unspecified atom stereocenters. The van der Waals surface area contributed by atoms with Gasteiger partial charge in [-0.15, -0.1) is 0 Å². The third-order valence-corrected chi connectivity index (χ3v) is 1.58. The first-order valence-corrected chi connectivity index (χ1v) is 3.27. The highest BCUT2D eigenvalue weighted by atomic mass is 19.1. The number of ether oxygens (including phenoxy) is 1. The van der Waals surface area contributed by atoms with Crippen LogP contribution in [0, 0.1) is 0 Å². The number of alkyl halides is 1. The fourth-order valence-electron chi connectivity index (χ4n) is 0.927. The van der Waals surface area contributed by atoms with Gasteiger partial charge in [-0.25, -0.2) is 9.18 Å². The topological polar surface area (TPSA) is 66.8 Å². The summed E-state index contributed by atoms with van der Waals surface area (Å²) in [7, 11) is 0. The van der Waals surface area contributed by atoms with E-state index in [1.807, 2.05) is 0 Å². The zero-order valence-electron chi connectivity index (χ0n) is 5.74. The van der Waals surface area contributed by atoms with Gasteiger partial charge >= 0.3 is 5.97 Å². The van der Waals surface area contributed by atoms with Gasteiger partial charge in [0.2, 0.25) is 0 Å². The van der Waals surface area contributed by atoms with Crippen molar-refractivity contribution in [3.63, 3.8) is 0 Å². The molecule has 0 aromatic carbocycles. The summed E-state index contributed by atoms with van der Waals surface area (Å²) in [6.07, 6.45) is -3.43. The lowest BCUT2D eigenvalue weighted by Gasteiger charge is -2.11. The van der Waals surface area contributed by atoms with E-state index in [0.717, 1.165) is 0 Å². The number of cyclic esters (lactones) is 1. The average molecular weight is 164 g/mol. The molecule has 64 valence electrons. The molecule has 0 saturated carbocycles. The van der Waals surface area contributed by atoms with E-state index in [9.17, 15) is 9.18 Å². The molecule has 11 heavy (non-hydrogen) atoms. The molecular weight excluding hydrogens is 155 g/mol. The number of aliphatic hydroxyl groups excluding tert-OH is 2. The summed E-state index contributed by atoms with van der Waals surface area (Å²) in [6.45, 7) is -0.968. The Kier molecular flexibility index (Phi) is 2.41. The molecule has 0 radical (unpaired) electrons. The number of hydrogen-bond donors (Lipinski definition) is 2. The van der Waals surface area contributed by atoms with Crippen LogP contribution in [-0.4, -0.2) is 41.2 Å². The Hall–Kier alpha value is -0.680. The second-order valence-electron chi connectivity index (χ2n) is 2.45. The summed E-state index contributed by atoms with van der Waals surface area (Å²) in [4.78, 5) is 10.5. The Morgan fingerprint density at radius 1 is 1.82 bits per heavy atom. The molecular formula is C6H9FO4. The number of carbonyl (C=O) groups is 1. The first kappa shape index (κ1) is 8.42. The van der Waals surface area contributed by atoms with Crippen molar-refractivity contribution in [2.45, 2.75) is 24.7 Å². The standard InChI is InChI=1S/C6H9FO4/c7-2-4(9)5-1-3(8)6(10)11-5/h3-5,8-9H,1-2H2. The maximum atomic E-state index is 11.8. The minimum absolute atomic E-state index is 0.0239. The lowest BCUT2D eigenvalue weighted by atomic mass is 10.1. The van der Waals surface area contributed by atoms with Crippen LogP contribution in [0.4, 0.5) is 4.39 Å². The van der Waals surface area contributed by atoms with Gasteiger partial charge in [0.05, 0.1) is 0 Å². The molecule has 1 fully saturated rings. The molecule has 5 heteroatoms. The first-order chi connectivity index (χ1) is 5.15. The van der Waals surface area contributed by atoms with Gasteiger partial charge < -0.3 is 14.9 Å². The van der Waals surface area contributed by atoms with E-state index in [1.165, 1.54) is 0 Å². The molecule has 1 heterocycles. The van der Waals surface area contributed by atoms with E-state index in [0.29, 0.717) is 0 Å². The van der Waals surface area contributed by atoms with E-state index in [2.05, 4.69) is 4.74 Å². The zero-order chi connectivity index (χ0) is 8.43. The molecule has 4 nitrogen and oxygen atoms in total. The Balaban J connectivity index is 2.46. The van der Waals surface area contributed by atoms with Crippen molar-refractivity contribution in [3.8, 4) is 0 Å². The molecule has 0 aromatic heterocycles. The fourth-order valence-corrected chi connectivity index (χ4v) is 0.927. The first-order valence-electron chi connectivity index (χ1n) is 3.27. The van der Waals surface area contributed by atoms with Gasteiger partial charge in [0, 0.05) is 6.42 Å². The molecule has 1 saturated heterocycles. The van der Waals surface area contributed by atoms with E-state index in [4.69, 9.17) is 10.2 Å². The van der Waals surface area contributed by atoms with Crippen LogP contribution in [0.1, 0.15) is 6.42 Å². The van der Waals surface area contributed by atoms with Gasteiger partial charge in [-0.2, -0.15) is 0 Å². The van der Waals surface area contributed by atoms with Crippen molar-refractivity contribution in [1.82, 2.24) is 0 Å². The quantitative estimate of drug-likeness (QED) is 0.513. The Morgan fingerprint density at radius 2 is 2.45 bits per heavy atom. The van der Waals surface area contributed by atoms with Crippen LogP contribution in [0.3, 0.4) is 0 Å². The Bertz CT molecular complexity index is 161. The predicted molar refractivity (Wildman–Crippen MR) is 32.5 cm³/mol. The van der Waals surface area contributed by atoms with Crippen LogP contribution >= 0.6 is 0 Å². The summed E-state index contributed by atoms with van der Waals surface area (Å²) >= 11 is 0. The van der Waals surface area contributed by atoms with Crippen LogP contribution in [-0.2, 0) is 9.53 Å². The van der Waals surface area contributed by atoms with E-state index in [1.54, 1.807) is 0 Å². The molecule has 1 aliphatic rings. The third-order valence-electron chi connectivity index (χ3n) is 1.58. The summed E-state index contributed by atoms with van der Waals surface area (Å²) in [5.74, 6) is -0.789. The van der Waals surface area contributed by atoms with E-state index in [-0.39, 0.29) is 6.42 Å². The summed E-state index contributed by atoms with van der Waals surface area (Å²) in [5.41, 5.74) is 0. The van der Waals surface area contributed by atoms with Crippen molar-refractivity contribution >= 4 is 5.97 Å². The third kappa shape index (κ3) is 1.66. The van der Waals surface area contributed by atoms with Gasteiger partial charge in [0.15, 0.2) is 6.10 Å². The molecule has 1 rings (SSSR count). The molecule has 0 aliphatic carbocycles. The highest BCUT2D eigenvalue weighted by Gasteiger charge is 2.36. The SMILES string of the molecule is O=C1OC(C(O)CF)CC1O. The number of halogens is 1. The summed E-state index contributed by atoms with van der Waals surface area (Å²) in [6, 6.07) is 0. The van der Waals surface area contributed by atoms with Gasteiger partial charge in [-0.3, -0.25) is 0 Å². The molecule has 1 aliphatic heterocycles. The monoisotopic (exact) mass is 164 g/mol. The molecule has 2 N–H and O–H groups in total. The number of carbonyl (C=O) groups excluding carboxylic acids is 1. The number of rotatable bonds is 2. The Labute approximate surface area is 62.6 Å². The van der Waals surface area contributed by atoms with Crippen LogP contribution in [0.25, 0.3) is 0 Å². The maximum Gasteiger partial charge on any atom is 0.335 e. The van der Waals surface area contributed by atoms with Crippen molar-refractivity contribution < 1.29 is 24.1 Å². The van der Waals surface area contributed by atoms with Gasteiger partial charge in [-0.1, -0.05) is 0 Å². The molecule has 0 spiro atoms. The second kappa shape index (κ2) is 3.15. The lowest BCUT2D eigenvalue weighted by molar-refractivity contribution is -0.150. The zero-order valence-corrected chi connectivity index (χ0v) is 5.74. The summed E-state index contributed by atoms with van der Waals surface area (Å²) in [5, 5.41) is 17.6. The van der Waals surface area contributed by atoms with Crippen molar-refractivity contribution in [2.75, 3.05) is 6.67 Å². The van der Waals surface area contributed by atoms with Crippen LogP contribution in [0.5, 0.6) is 0 Å². The van der Waals surface area contributed by atoms with Gasteiger partial charge in [0.25, 0.3) is 0 Å². The Morgan fingerprint density at radius 3 is 2.82 bits per heavy atom. The van der Waals surface area contributed by atoms with Gasteiger partial charge in [0.1, 0.15) is 18.9 Å². The van der Waals surface area contributed by atoms with Crippen LogP contribution in [0.2, 0.25) is 0 Å². The van der Waals surface area contributed by atoms with Crippen molar-refractivity contribution in [3.05, 3.63) is 0 Å². The highest BCUT2D eigenvalue weighted by Crippen LogP contribution is 2.17. The minimum Gasteiger partial charge on any atom is -0.457 e. The second-order valence-corrected chi connectivity index (χ2v) is 2.45. The number of aliphatic hydroxyl groups is 2. The largest absolute Gasteiger partial charge is 0.457 e. The smallest absolute Gasteiger partial charge is 0.335 e. The van der Waals surface area contributed by atoms with E-state index < -0.39 is 31.0 Å². The number of esters is 1. The van der Waals surface area contributed by atoms with Crippen LogP contribution in [0.15, 0.2) is 0 Å². The predicted octanol–water partition coefficient (Wildman–Crippen LogP) is -1.01. The van der Waals surface area contributed by atoms with Crippen LogP contribution < -0.4 is 0 Å². The minimum atomic E-state index is -1.31. The molecule has 0 amide bonds. The van der Waals surface area contributed by atoms with Crippen molar-refractivity contribution in [1.29, 1.82) is 0 Å². The highest BCUT2D eigenvalue weighted by molar-refractivity contribution is 5.76. The average Bonchev–Trinajstić information content (AvgIpc) is 2.31. The number of hydrogen-bond acceptors (Lipinski definition) is 4. The van der Waals surface area contributed by atoms with E-state index >= 15 is 0 Å². The van der Waals surface area contributed by atoms with Gasteiger partial charge in [-0.05, 0) is 0 Å². The van der Waals surface area contributed by atoms with Crippen molar-refractivity contribution in [2.24, 2.45) is 0 Å². The lowest BCUT2D eigenvalue weighted by Crippen LogP contribution is -2.27. The summed E-state index contributed by atoms with van der Waals surface area (Å²) < 4.78 is 16.2. The maximum absolute atomic E-state index is 11.8.